The first kappa shape index (κ1) is 32.6. The Hall–Kier alpha value is -4.77. The molecule has 2 heterocycles. The van der Waals surface area contributed by atoms with Crippen LogP contribution in [0.1, 0.15) is 29.5 Å². The van der Waals surface area contributed by atoms with Gasteiger partial charge < -0.3 is 25.6 Å². The Bertz CT molecular complexity index is 1690. The third-order valence-corrected chi connectivity index (χ3v) is 9.01. The number of hydrogen-bond acceptors (Lipinski definition) is 6. The molecule has 0 aromatic heterocycles. The lowest BCUT2D eigenvalue weighted by Crippen LogP contribution is -2.56. The minimum absolute atomic E-state index is 0.00293. The number of nitrogens with zero attached hydrogens (tertiary/aromatic N) is 2. The Morgan fingerprint density at radius 3 is 2.41 bits per heavy atom. The number of amides is 5. The number of benzene rings is 3. The minimum Gasteiger partial charge on any atom is -0.496 e. The van der Waals surface area contributed by atoms with Gasteiger partial charge in [-0.05, 0) is 84.3 Å². The lowest BCUT2D eigenvalue weighted by atomic mass is 9.90. The van der Waals surface area contributed by atoms with Crippen LogP contribution in [0, 0.1) is 31.5 Å². The molecule has 0 saturated carbocycles. The Labute approximate surface area is 268 Å². The lowest BCUT2D eigenvalue weighted by Gasteiger charge is -2.33. The first-order valence-corrected chi connectivity index (χ1v) is 15.4. The van der Waals surface area contributed by atoms with Crippen molar-refractivity contribution in [3.05, 3.63) is 71.0 Å². The van der Waals surface area contributed by atoms with Crippen molar-refractivity contribution in [3.63, 3.8) is 0 Å². The van der Waals surface area contributed by atoms with Crippen molar-refractivity contribution in [1.29, 1.82) is 0 Å². The van der Waals surface area contributed by atoms with E-state index in [1.165, 1.54) is 25.1 Å². The van der Waals surface area contributed by atoms with Gasteiger partial charge in [0.1, 0.15) is 17.5 Å². The van der Waals surface area contributed by atoms with Crippen LogP contribution in [0.5, 0.6) is 5.75 Å². The number of anilines is 1. The summed E-state index contributed by atoms with van der Waals surface area (Å²) in [6, 6.07) is 14.3. The summed E-state index contributed by atoms with van der Waals surface area (Å²) in [6.45, 7) is 5.52. The van der Waals surface area contributed by atoms with Gasteiger partial charge in [0.05, 0.1) is 7.11 Å². The van der Waals surface area contributed by atoms with E-state index in [1.807, 2.05) is 50.2 Å². The fourth-order valence-corrected chi connectivity index (χ4v) is 6.24. The standard InChI is InChI=1S/C35H40FN5O5/c1-20-24(23-15-29(36)27(31(16-23)46-5)18-37-13-12-22-14-32(42)38-17-22)8-6-9-25(20)26-10-7-11-30(21(26)2)39-33(43)28-19-40(3)35(45)41(4)34(28)44/h6-11,15-16,22,28,37H,12-14,17-19H2,1-5H3,(H,38,42)(H,39,43). The van der Waals surface area contributed by atoms with Gasteiger partial charge in [-0.2, -0.15) is 0 Å². The summed E-state index contributed by atoms with van der Waals surface area (Å²) < 4.78 is 21.2. The average Bonchev–Trinajstić information content (AvgIpc) is 3.46. The van der Waals surface area contributed by atoms with Gasteiger partial charge >= 0.3 is 6.03 Å². The number of rotatable bonds is 10. The fraction of sp³-hybridized carbons (Fsp3) is 0.371. The van der Waals surface area contributed by atoms with Crippen LogP contribution in [0.3, 0.4) is 0 Å². The van der Waals surface area contributed by atoms with Crippen molar-refractivity contribution in [2.75, 3.05) is 46.2 Å². The van der Waals surface area contributed by atoms with E-state index in [-0.39, 0.29) is 18.3 Å². The van der Waals surface area contributed by atoms with Crippen LogP contribution >= 0.6 is 0 Å². The second-order valence-corrected chi connectivity index (χ2v) is 12.0. The predicted molar refractivity (Wildman–Crippen MR) is 174 cm³/mol. The summed E-state index contributed by atoms with van der Waals surface area (Å²) in [5, 5.41) is 9.02. The smallest absolute Gasteiger partial charge is 0.326 e. The molecule has 5 rings (SSSR count). The highest BCUT2D eigenvalue weighted by atomic mass is 19.1. The van der Waals surface area contributed by atoms with E-state index >= 15 is 4.39 Å². The van der Waals surface area contributed by atoms with Crippen molar-refractivity contribution in [2.24, 2.45) is 11.8 Å². The van der Waals surface area contributed by atoms with Crippen LogP contribution in [0.15, 0.2) is 48.5 Å². The van der Waals surface area contributed by atoms with Crippen molar-refractivity contribution in [2.45, 2.75) is 33.2 Å². The molecule has 46 heavy (non-hydrogen) atoms. The van der Waals surface area contributed by atoms with Crippen LogP contribution in [0.25, 0.3) is 22.3 Å². The molecule has 0 bridgehead atoms. The first-order valence-electron chi connectivity index (χ1n) is 15.4. The maximum atomic E-state index is 15.5. The number of ether oxygens (including phenoxy) is 1. The van der Waals surface area contributed by atoms with E-state index in [0.29, 0.717) is 54.5 Å². The SMILES string of the molecule is COc1cc(-c2cccc(-c3cccc(NC(=O)C4CN(C)C(=O)N(C)C4=O)c3C)c2C)cc(F)c1CNCCC1CNC(=O)C1. The van der Waals surface area contributed by atoms with Crippen molar-refractivity contribution in [1.82, 2.24) is 20.4 Å². The number of imide groups is 1. The summed E-state index contributed by atoms with van der Waals surface area (Å²) >= 11 is 0. The molecule has 2 aliphatic rings. The largest absolute Gasteiger partial charge is 0.496 e. The van der Waals surface area contributed by atoms with Gasteiger partial charge in [0.25, 0.3) is 0 Å². The van der Waals surface area contributed by atoms with Crippen LogP contribution in [-0.4, -0.2) is 74.4 Å². The number of methoxy groups -OCH3 is 1. The van der Waals surface area contributed by atoms with E-state index in [4.69, 9.17) is 4.74 Å². The van der Waals surface area contributed by atoms with Gasteiger partial charge in [-0.1, -0.05) is 30.3 Å². The quantitative estimate of drug-likeness (QED) is 0.225. The number of hydrogen-bond donors (Lipinski definition) is 3. The topological polar surface area (TPSA) is 120 Å². The van der Waals surface area contributed by atoms with Crippen LogP contribution in [-0.2, 0) is 20.9 Å². The highest BCUT2D eigenvalue weighted by Crippen LogP contribution is 2.38. The van der Waals surface area contributed by atoms with Gasteiger partial charge in [0.2, 0.25) is 17.7 Å². The molecule has 3 aromatic rings. The summed E-state index contributed by atoms with van der Waals surface area (Å²) in [4.78, 5) is 51.7. The Balaban J connectivity index is 1.36. The number of nitrogens with one attached hydrogen (secondary N) is 3. The average molecular weight is 630 g/mol. The Morgan fingerprint density at radius 2 is 1.72 bits per heavy atom. The Kier molecular flexibility index (Phi) is 9.71. The number of carbonyl (C=O) groups excluding carboxylic acids is 4. The van der Waals surface area contributed by atoms with Gasteiger partial charge in [-0.15, -0.1) is 0 Å². The van der Waals surface area contributed by atoms with Gasteiger partial charge in [-0.3, -0.25) is 19.3 Å². The summed E-state index contributed by atoms with van der Waals surface area (Å²) in [5.74, 6) is -1.59. The molecule has 0 aliphatic carbocycles. The third-order valence-electron chi connectivity index (χ3n) is 9.01. The fourth-order valence-electron chi connectivity index (χ4n) is 6.24. The molecule has 10 nitrogen and oxygen atoms in total. The predicted octanol–water partition coefficient (Wildman–Crippen LogP) is 4.48. The lowest BCUT2D eigenvalue weighted by molar-refractivity contribution is -0.140. The monoisotopic (exact) mass is 629 g/mol. The normalized spacial score (nSPS) is 18.2. The molecule has 2 saturated heterocycles. The molecule has 2 fully saturated rings. The molecule has 11 heteroatoms. The van der Waals surface area contributed by atoms with E-state index in [0.717, 1.165) is 39.1 Å². The van der Waals surface area contributed by atoms with Crippen molar-refractivity contribution in [3.8, 4) is 28.0 Å². The molecule has 242 valence electrons. The van der Waals surface area contributed by atoms with Gasteiger partial charge in [0.15, 0.2) is 0 Å². The highest BCUT2D eigenvalue weighted by Gasteiger charge is 2.39. The molecule has 2 aliphatic heterocycles. The van der Waals surface area contributed by atoms with E-state index in [1.54, 1.807) is 13.1 Å². The second kappa shape index (κ2) is 13.7. The summed E-state index contributed by atoms with van der Waals surface area (Å²) in [5.41, 5.74) is 6.03. The zero-order valence-electron chi connectivity index (χ0n) is 26.8. The molecular formula is C35H40FN5O5. The number of halogens is 1. The molecule has 3 N–H and O–H groups in total. The van der Waals surface area contributed by atoms with E-state index in [9.17, 15) is 19.2 Å². The van der Waals surface area contributed by atoms with E-state index < -0.39 is 23.8 Å². The van der Waals surface area contributed by atoms with Gasteiger partial charge in [0, 0.05) is 51.4 Å². The second-order valence-electron chi connectivity index (χ2n) is 12.0. The molecule has 5 amide bonds. The van der Waals surface area contributed by atoms with Gasteiger partial charge in [-0.25, -0.2) is 9.18 Å². The van der Waals surface area contributed by atoms with Crippen LogP contribution in [0.4, 0.5) is 14.9 Å². The van der Waals surface area contributed by atoms with Crippen molar-refractivity contribution >= 4 is 29.4 Å². The number of carbonyl (C=O) groups is 4. The third kappa shape index (κ3) is 6.60. The molecule has 2 unspecified atom stereocenters. The maximum absolute atomic E-state index is 15.5. The molecule has 0 radical (unpaired) electrons. The van der Waals surface area contributed by atoms with Crippen molar-refractivity contribution < 1.29 is 28.3 Å². The Morgan fingerprint density at radius 1 is 1.02 bits per heavy atom. The van der Waals surface area contributed by atoms with Crippen LogP contribution in [0.2, 0.25) is 0 Å². The summed E-state index contributed by atoms with van der Waals surface area (Å²) in [7, 11) is 4.45. The highest BCUT2D eigenvalue weighted by molar-refractivity contribution is 6.12. The summed E-state index contributed by atoms with van der Waals surface area (Å²) in [6.07, 6.45) is 1.36. The molecule has 3 aromatic carbocycles. The zero-order valence-corrected chi connectivity index (χ0v) is 26.8. The first-order chi connectivity index (χ1) is 22.0. The molecule has 2 atom stereocenters. The van der Waals surface area contributed by atoms with Crippen LogP contribution < -0.4 is 20.7 Å². The zero-order chi connectivity index (χ0) is 33.1. The minimum atomic E-state index is -1.01. The molecule has 0 spiro atoms. The molecular weight excluding hydrogens is 589 g/mol. The maximum Gasteiger partial charge on any atom is 0.326 e. The number of urea groups is 1. The van der Waals surface area contributed by atoms with E-state index in [2.05, 4.69) is 16.0 Å².